The molecule has 0 atom stereocenters. The maximum Gasteiger partial charge on any atom is 0.211 e. The van der Waals surface area contributed by atoms with Crippen molar-refractivity contribution in [3.63, 3.8) is 0 Å². The van der Waals surface area contributed by atoms with Gasteiger partial charge < -0.3 is 37.6 Å². The summed E-state index contributed by atoms with van der Waals surface area (Å²) in [5, 5.41) is 4.17. The summed E-state index contributed by atoms with van der Waals surface area (Å²) in [7, 11) is 4.34. The van der Waals surface area contributed by atoms with Crippen LogP contribution in [-0.4, -0.2) is 26.3 Å². The number of para-hydroxylation sites is 4. The summed E-state index contributed by atoms with van der Waals surface area (Å²) < 4.78 is 85.1. The average molecular weight is 1650 g/mol. The average Bonchev–Trinajstić information content (AvgIpc) is 1.63. The van der Waals surface area contributed by atoms with Crippen LogP contribution in [0.5, 0.6) is 46.0 Å². The van der Waals surface area contributed by atoms with E-state index in [9.17, 15) is 17.6 Å². The third-order valence-electron chi connectivity index (χ3n) is 16.1. The molecule has 21 heteroatoms. The Balaban J connectivity index is 0.000000161. The van der Waals surface area contributed by atoms with E-state index in [1.165, 1.54) is 48.5 Å². The van der Waals surface area contributed by atoms with Crippen molar-refractivity contribution >= 4 is 125 Å². The zero-order valence-electron chi connectivity index (χ0n) is 56.9. The second kappa shape index (κ2) is 39.4. The molecule has 0 saturated carbocycles. The summed E-state index contributed by atoms with van der Waals surface area (Å²) >= 11 is 8.98. The van der Waals surface area contributed by atoms with Gasteiger partial charge in [-0.1, -0.05) is 93.7 Å². The molecule has 0 aliphatic rings. The van der Waals surface area contributed by atoms with Crippen molar-refractivity contribution in [1.29, 1.82) is 0 Å². The minimum atomic E-state index is -0.298. The van der Waals surface area contributed by atoms with Crippen molar-refractivity contribution in [3.8, 4) is 63.1 Å². The maximum absolute atomic E-state index is 13.0. The third kappa shape index (κ3) is 20.7. The van der Waals surface area contributed by atoms with E-state index in [1.807, 2.05) is 220 Å². The van der Waals surface area contributed by atoms with Crippen molar-refractivity contribution in [1.82, 2.24) is 18.7 Å². The molecule has 12 aromatic carbocycles. The molecule has 0 fully saturated rings. The molecule has 4 heterocycles. The van der Waals surface area contributed by atoms with E-state index in [4.69, 9.17) is 45.2 Å². The smallest absolute Gasteiger partial charge is 0.211 e. The number of aromatic amines is 1. The normalized spacial score (nSPS) is 10.1. The van der Waals surface area contributed by atoms with E-state index in [1.54, 1.807) is 48.5 Å². The summed E-state index contributed by atoms with van der Waals surface area (Å²) in [6, 6.07) is 80.8. The van der Waals surface area contributed by atoms with E-state index < -0.39 is 0 Å². The fourth-order valence-electron chi connectivity index (χ4n) is 11.2. The SMILES string of the molecule is C.C.Fc1ccc(Oc2ccc(I)cc2)cc1.[B]=NS.[C-]#[N+]c1cccc2c(Br)cn(-c3ccc(Oc4ccc(F)cc4)cc3)c12.[C-]#[N+]c1cccc2c(CC=C)cn(-c3ccc(Oc4ccc(F)cc4)cc3)c12.[C-]#[N+]c1cccc2cc[nH]c12.[C-]#[N+]c1cccc2ccn(-c3ccc(Oc4ccc(F)cc4)cc3)c12. The first-order valence-corrected chi connectivity index (χ1v) is 35.0. The van der Waals surface area contributed by atoms with Crippen LogP contribution in [0.4, 0.5) is 40.3 Å². The molecule has 0 saturated heterocycles. The van der Waals surface area contributed by atoms with Crippen LogP contribution in [0.2, 0.25) is 0 Å². The number of nitrogens with one attached hydrogen (secondary N) is 1. The van der Waals surface area contributed by atoms with Gasteiger partial charge in [0, 0.05) is 55.3 Å². The Hall–Kier alpha value is -13.2. The van der Waals surface area contributed by atoms with Gasteiger partial charge in [0.05, 0.1) is 48.4 Å². The largest absolute Gasteiger partial charge is 0.457 e. The topological polar surface area (TPSA) is 97.3 Å². The molecule has 0 bridgehead atoms. The fourth-order valence-corrected chi connectivity index (χ4v) is 12.1. The number of hydrogen-bond donors (Lipinski definition) is 2. The number of H-pyrrole nitrogens is 1. The van der Waals surface area contributed by atoms with Gasteiger partial charge in [-0.05, 0) is 273 Å². The molecule has 0 aliphatic heterocycles. The molecule has 4 aromatic heterocycles. The molecule has 0 amide bonds. The first kappa shape index (κ1) is 80.9. The summed E-state index contributed by atoms with van der Waals surface area (Å²) in [5.74, 6) is 3.94. The predicted molar refractivity (Wildman–Crippen MR) is 450 cm³/mol. The van der Waals surface area contributed by atoms with Crippen LogP contribution in [-0.2, 0) is 6.42 Å². The molecule has 16 rings (SSSR count). The van der Waals surface area contributed by atoms with Gasteiger partial charge in [0.25, 0.3) is 0 Å². The fraction of sp³-hybridized carbons (Fsp3) is 0.0337. The number of ether oxygens (including phenoxy) is 4. The number of allylic oxidation sites excluding steroid dienone is 1. The van der Waals surface area contributed by atoms with Gasteiger partial charge in [0.1, 0.15) is 69.3 Å². The monoisotopic (exact) mass is 1650 g/mol. The molecule has 0 unspecified atom stereocenters. The summed E-state index contributed by atoms with van der Waals surface area (Å²) in [6.07, 6.45) is 10.4. The minimum Gasteiger partial charge on any atom is -0.457 e. The second-order valence-corrected chi connectivity index (χ2v) is 25.4. The standard InChI is InChI=1S/C24H17FN2O.C21H12BrFN2O.C21H13FN2O.C12H8FIO.C9H6N2.2CH4.BHNS/c1-3-5-17-16-27(24-22(17)6-4-7-23(24)26-2)19-10-14-21(15-11-19)28-20-12-8-18(25)9-13-20;1-24-20-4-2-3-18-19(22)13-25(21(18)20)15-7-11-17(12-8-15)26-16-9-5-14(23)6-10-16;1-23-20-4-2-3-15-13-14-24(21(15)20)17-7-11-19(12-8-17)25-18-9-5-16(22)6-10-18;13-9-1-5-11(6-2-9)15-12-7-3-10(14)4-8-12;1-10-8-4-2-3-7-5-6-11-9(7)8;;;1-2-3/h3-4,6-16H,1,5H2;2-13H;2-14H;1-8H;2-6,11H;2*1H4;3H. The van der Waals surface area contributed by atoms with Gasteiger partial charge in [-0.2, -0.15) is 0 Å². The zero-order chi connectivity index (χ0) is 75.9. The molecular weight excluding hydrogens is 1580 g/mol. The molecule has 0 spiro atoms. The molecule has 16 aromatic rings. The number of benzene rings is 12. The van der Waals surface area contributed by atoms with Crippen LogP contribution in [0.1, 0.15) is 20.4 Å². The maximum atomic E-state index is 13.0. The minimum absolute atomic E-state index is 0. The predicted octanol–water partition coefficient (Wildman–Crippen LogP) is 28.2. The number of halogens is 6. The van der Waals surface area contributed by atoms with Gasteiger partial charge in [0.2, 0.25) is 22.7 Å². The van der Waals surface area contributed by atoms with Crippen LogP contribution >= 0.6 is 51.3 Å². The van der Waals surface area contributed by atoms with Gasteiger partial charge in [0.15, 0.2) is 0 Å². The molecule has 110 heavy (non-hydrogen) atoms. The van der Waals surface area contributed by atoms with E-state index >= 15 is 0 Å². The van der Waals surface area contributed by atoms with E-state index in [-0.39, 0.29) is 38.1 Å². The Labute approximate surface area is 663 Å². The number of hydrogen-bond acceptors (Lipinski definition) is 6. The Morgan fingerprint density at radius 2 is 0.755 bits per heavy atom. The van der Waals surface area contributed by atoms with Crippen LogP contribution in [0.3, 0.4) is 0 Å². The molecule has 13 nitrogen and oxygen atoms in total. The van der Waals surface area contributed by atoms with Crippen molar-refractivity contribution < 1.29 is 36.5 Å². The van der Waals surface area contributed by atoms with E-state index in [0.29, 0.717) is 63.0 Å². The molecular formula is C89H65BBrF4IN9O4S. The van der Waals surface area contributed by atoms with Gasteiger partial charge in [-0.25, -0.2) is 36.9 Å². The Morgan fingerprint density at radius 1 is 0.427 bits per heavy atom. The zero-order valence-corrected chi connectivity index (χ0v) is 61.5. The number of aromatic nitrogens is 4. The van der Waals surface area contributed by atoms with Crippen molar-refractivity contribution in [2.45, 2.75) is 21.3 Å². The first-order chi connectivity index (χ1) is 52.7. The third-order valence-corrected chi connectivity index (χ3v) is 17.4. The van der Waals surface area contributed by atoms with E-state index in [2.05, 4.69) is 100 Å². The van der Waals surface area contributed by atoms with Crippen LogP contribution in [0.25, 0.3) is 80.1 Å². The molecule has 0 aliphatic carbocycles. The summed E-state index contributed by atoms with van der Waals surface area (Å²) in [5.41, 5.74) is 10.0. The first-order valence-electron chi connectivity index (χ1n) is 32.7. The van der Waals surface area contributed by atoms with Crippen molar-refractivity contribution in [3.05, 3.63) is 399 Å². The number of nitrogens with zero attached hydrogens (tertiary/aromatic N) is 8. The Morgan fingerprint density at radius 3 is 1.15 bits per heavy atom. The van der Waals surface area contributed by atoms with Gasteiger partial charge in [-0.3, -0.25) is 0 Å². The second-order valence-electron chi connectivity index (χ2n) is 23.1. The quantitative estimate of drug-likeness (QED) is 0.0300. The Kier molecular flexibility index (Phi) is 29.0. The van der Waals surface area contributed by atoms with Crippen LogP contribution < -0.4 is 18.9 Å². The summed E-state index contributed by atoms with van der Waals surface area (Å²) in [4.78, 5) is 17.3. The Bertz CT molecular complexity index is 5910. The van der Waals surface area contributed by atoms with Gasteiger partial charge >= 0.3 is 24.8 Å². The summed E-state index contributed by atoms with van der Waals surface area (Å²) in [6.45, 7) is 33.0. The molecule has 1 N–H and O–H groups in total. The van der Waals surface area contributed by atoms with Crippen LogP contribution in [0, 0.1) is 53.1 Å². The van der Waals surface area contributed by atoms with Crippen LogP contribution in [0.15, 0.2) is 325 Å². The van der Waals surface area contributed by atoms with E-state index in [0.717, 1.165) is 86.5 Å². The molecule has 541 valence electrons. The number of rotatable bonds is 13. The molecule has 1 radical (unpaired) electrons. The van der Waals surface area contributed by atoms with Crippen molar-refractivity contribution in [2.24, 2.45) is 4.30 Å². The van der Waals surface area contributed by atoms with Crippen molar-refractivity contribution in [2.75, 3.05) is 0 Å². The number of thiol groups is 1. The number of fused-ring (bicyclic) bond motifs is 4. The van der Waals surface area contributed by atoms with Gasteiger partial charge in [-0.15, -0.1) is 6.58 Å².